The molecule has 0 spiro atoms. The van der Waals surface area contributed by atoms with Gasteiger partial charge < -0.3 is 5.32 Å². The summed E-state index contributed by atoms with van der Waals surface area (Å²) in [6.07, 6.45) is 0.0114. The molecule has 1 aromatic rings. The first kappa shape index (κ1) is 12.8. The van der Waals surface area contributed by atoms with E-state index in [-0.39, 0.29) is 12.3 Å². The van der Waals surface area contributed by atoms with Crippen molar-refractivity contribution in [3.8, 4) is 0 Å². The summed E-state index contributed by atoms with van der Waals surface area (Å²) in [5.74, 6) is -2.14. The molecular formula is C11H10BrF2NO. The van der Waals surface area contributed by atoms with Crippen molar-refractivity contribution in [2.75, 3.05) is 6.54 Å². The Kier molecular flexibility index (Phi) is 4.61. The first-order valence-electron chi connectivity index (χ1n) is 4.53. The first-order chi connectivity index (χ1) is 7.49. The number of rotatable bonds is 4. The number of benzene rings is 1. The van der Waals surface area contributed by atoms with E-state index in [1.165, 1.54) is 6.07 Å². The van der Waals surface area contributed by atoms with Crippen LogP contribution in [0, 0.1) is 11.6 Å². The molecule has 0 aliphatic heterocycles. The molecule has 0 fully saturated rings. The van der Waals surface area contributed by atoms with E-state index in [2.05, 4.69) is 27.8 Å². The molecule has 0 aliphatic rings. The van der Waals surface area contributed by atoms with E-state index < -0.39 is 11.6 Å². The zero-order chi connectivity index (χ0) is 12.1. The van der Waals surface area contributed by atoms with E-state index in [0.29, 0.717) is 16.6 Å². The van der Waals surface area contributed by atoms with Crippen molar-refractivity contribution >= 4 is 21.8 Å². The van der Waals surface area contributed by atoms with Gasteiger partial charge in [0.2, 0.25) is 5.91 Å². The fourth-order valence-electron chi connectivity index (χ4n) is 1.09. The molecule has 0 aliphatic carbocycles. The van der Waals surface area contributed by atoms with Crippen LogP contribution in [0.15, 0.2) is 29.3 Å². The summed E-state index contributed by atoms with van der Waals surface area (Å²) in [5.41, 5.74) is 0.427. The minimum atomic E-state index is -0.949. The summed E-state index contributed by atoms with van der Waals surface area (Å²) in [7, 11) is 0. The van der Waals surface area contributed by atoms with E-state index >= 15 is 0 Å². The summed E-state index contributed by atoms with van der Waals surface area (Å²) in [6, 6.07) is 3.39. The Morgan fingerprint density at radius 3 is 2.62 bits per heavy atom. The number of nitrogens with one attached hydrogen (secondary N) is 1. The van der Waals surface area contributed by atoms with E-state index in [4.69, 9.17) is 0 Å². The predicted molar refractivity (Wildman–Crippen MR) is 61.1 cm³/mol. The number of carbonyl (C=O) groups is 1. The van der Waals surface area contributed by atoms with Gasteiger partial charge in [-0.25, -0.2) is 8.78 Å². The Morgan fingerprint density at radius 2 is 2.06 bits per heavy atom. The standard InChI is InChI=1S/C11H10BrF2NO/c1-7(12)6-15-11(16)5-8-2-3-9(13)10(14)4-8/h2-4H,1,5-6H2,(H,15,16). The van der Waals surface area contributed by atoms with Crippen LogP contribution in [0.5, 0.6) is 0 Å². The minimum Gasteiger partial charge on any atom is -0.351 e. The number of halogens is 3. The topological polar surface area (TPSA) is 29.1 Å². The normalized spacial score (nSPS) is 9.94. The molecule has 0 atom stereocenters. The number of carbonyl (C=O) groups excluding carboxylic acids is 1. The van der Waals surface area contributed by atoms with Crippen LogP contribution in [0.4, 0.5) is 8.78 Å². The lowest BCUT2D eigenvalue weighted by atomic mass is 10.1. The monoisotopic (exact) mass is 289 g/mol. The second kappa shape index (κ2) is 5.75. The largest absolute Gasteiger partial charge is 0.351 e. The van der Waals surface area contributed by atoms with Crippen molar-refractivity contribution in [1.29, 1.82) is 0 Å². The van der Waals surface area contributed by atoms with Gasteiger partial charge in [0, 0.05) is 11.0 Å². The smallest absolute Gasteiger partial charge is 0.224 e. The maximum atomic E-state index is 12.8. The maximum absolute atomic E-state index is 12.8. The van der Waals surface area contributed by atoms with Crippen LogP contribution < -0.4 is 5.32 Å². The van der Waals surface area contributed by atoms with Crippen molar-refractivity contribution < 1.29 is 13.6 Å². The highest BCUT2D eigenvalue weighted by Crippen LogP contribution is 2.09. The molecule has 1 rings (SSSR count). The van der Waals surface area contributed by atoms with Crippen molar-refractivity contribution in [1.82, 2.24) is 5.32 Å². The van der Waals surface area contributed by atoms with Crippen LogP contribution in [-0.4, -0.2) is 12.5 Å². The van der Waals surface area contributed by atoms with Crippen molar-refractivity contribution in [2.45, 2.75) is 6.42 Å². The van der Waals surface area contributed by atoms with Crippen molar-refractivity contribution in [3.05, 3.63) is 46.5 Å². The zero-order valence-electron chi connectivity index (χ0n) is 8.40. The summed E-state index contributed by atoms with van der Waals surface area (Å²) >= 11 is 3.09. The molecule has 0 radical (unpaired) electrons. The molecule has 0 saturated carbocycles. The van der Waals surface area contributed by atoms with Crippen molar-refractivity contribution in [2.24, 2.45) is 0 Å². The maximum Gasteiger partial charge on any atom is 0.224 e. The Labute approximate surface area is 100 Å². The fourth-order valence-corrected chi connectivity index (χ4v) is 1.23. The number of amides is 1. The van der Waals surface area contributed by atoms with Gasteiger partial charge in [0.05, 0.1) is 6.42 Å². The highest BCUT2D eigenvalue weighted by Gasteiger charge is 2.06. The van der Waals surface area contributed by atoms with Gasteiger partial charge in [-0.15, -0.1) is 0 Å². The molecule has 5 heteroatoms. The Morgan fingerprint density at radius 1 is 1.38 bits per heavy atom. The summed E-state index contributed by atoms with van der Waals surface area (Å²) in [5, 5.41) is 2.56. The molecule has 1 aromatic carbocycles. The lowest BCUT2D eigenvalue weighted by molar-refractivity contribution is -0.120. The van der Waals surface area contributed by atoms with Crippen LogP contribution in [0.3, 0.4) is 0 Å². The third-order valence-corrected chi connectivity index (χ3v) is 2.11. The number of hydrogen-bond acceptors (Lipinski definition) is 1. The molecule has 0 heterocycles. The van der Waals surface area contributed by atoms with Gasteiger partial charge in [-0.3, -0.25) is 4.79 Å². The van der Waals surface area contributed by atoms with Crippen LogP contribution in [0.25, 0.3) is 0 Å². The Bertz CT molecular complexity index is 420. The highest BCUT2D eigenvalue weighted by molar-refractivity contribution is 9.11. The second-order valence-electron chi connectivity index (χ2n) is 3.22. The van der Waals surface area contributed by atoms with Gasteiger partial charge in [-0.1, -0.05) is 28.6 Å². The van der Waals surface area contributed by atoms with Crippen LogP contribution in [-0.2, 0) is 11.2 Å². The highest BCUT2D eigenvalue weighted by atomic mass is 79.9. The fraction of sp³-hybridized carbons (Fsp3) is 0.182. The average molecular weight is 290 g/mol. The molecule has 2 nitrogen and oxygen atoms in total. The third kappa shape index (κ3) is 4.10. The van der Waals surface area contributed by atoms with Gasteiger partial charge >= 0.3 is 0 Å². The zero-order valence-corrected chi connectivity index (χ0v) is 9.98. The summed E-state index contributed by atoms with van der Waals surface area (Å²) < 4.78 is 26.1. The molecule has 0 unspecified atom stereocenters. The number of hydrogen-bond donors (Lipinski definition) is 1. The first-order valence-corrected chi connectivity index (χ1v) is 5.32. The predicted octanol–water partition coefficient (Wildman–Crippen LogP) is 2.53. The second-order valence-corrected chi connectivity index (χ2v) is 4.34. The molecule has 0 aromatic heterocycles. The lowest BCUT2D eigenvalue weighted by Gasteiger charge is -2.04. The molecule has 86 valence electrons. The van der Waals surface area contributed by atoms with Crippen LogP contribution in [0.1, 0.15) is 5.56 Å². The van der Waals surface area contributed by atoms with E-state index in [9.17, 15) is 13.6 Å². The minimum absolute atomic E-state index is 0.0114. The SMILES string of the molecule is C=C(Br)CNC(=O)Cc1ccc(F)c(F)c1. The molecule has 16 heavy (non-hydrogen) atoms. The molecule has 0 bridgehead atoms. The molecule has 1 amide bonds. The summed E-state index contributed by atoms with van der Waals surface area (Å²) in [4.78, 5) is 11.3. The summed E-state index contributed by atoms with van der Waals surface area (Å²) in [6.45, 7) is 3.86. The lowest BCUT2D eigenvalue weighted by Crippen LogP contribution is -2.26. The quantitative estimate of drug-likeness (QED) is 0.907. The molecule has 0 saturated heterocycles. The van der Waals surface area contributed by atoms with Gasteiger partial charge in [0.25, 0.3) is 0 Å². The average Bonchev–Trinajstić information content (AvgIpc) is 2.21. The third-order valence-electron chi connectivity index (χ3n) is 1.83. The van der Waals surface area contributed by atoms with Crippen molar-refractivity contribution in [3.63, 3.8) is 0 Å². The van der Waals surface area contributed by atoms with E-state index in [0.717, 1.165) is 12.1 Å². The molecule has 1 N–H and O–H groups in total. The van der Waals surface area contributed by atoms with Gasteiger partial charge in [0.1, 0.15) is 0 Å². The van der Waals surface area contributed by atoms with E-state index in [1.54, 1.807) is 0 Å². The van der Waals surface area contributed by atoms with Crippen LogP contribution in [0.2, 0.25) is 0 Å². The Balaban J connectivity index is 2.56. The van der Waals surface area contributed by atoms with Crippen LogP contribution >= 0.6 is 15.9 Å². The Hall–Kier alpha value is -1.23. The van der Waals surface area contributed by atoms with Gasteiger partial charge in [-0.2, -0.15) is 0 Å². The van der Waals surface area contributed by atoms with Gasteiger partial charge in [0.15, 0.2) is 11.6 Å². The van der Waals surface area contributed by atoms with E-state index in [1.807, 2.05) is 0 Å². The van der Waals surface area contributed by atoms with Gasteiger partial charge in [-0.05, 0) is 17.7 Å². The molecular weight excluding hydrogens is 280 g/mol.